The number of nitrogens with zero attached hydrogens (tertiary/aromatic N) is 2. The molecule has 0 saturated heterocycles. The largest absolute Gasteiger partial charge is 0.345 e. The number of carbonyl (C=O) groups is 1. The Bertz CT molecular complexity index is 625. The van der Waals surface area contributed by atoms with Gasteiger partial charge in [0, 0.05) is 6.20 Å². The molecule has 1 amide bonds. The average Bonchev–Trinajstić information content (AvgIpc) is 2.78. The molecular weight excluding hydrogens is 228 g/mol. The average molecular weight is 236 g/mol. The summed E-state index contributed by atoms with van der Waals surface area (Å²) in [6.45, 7) is 0.109. The maximum Gasteiger partial charge on any atom is 0.325 e. The van der Waals surface area contributed by atoms with Crippen LogP contribution in [0.1, 0.15) is 16.2 Å². The van der Waals surface area contributed by atoms with Crippen LogP contribution in [0.3, 0.4) is 0 Å². The predicted octanol–water partition coefficient (Wildman–Crippen LogP) is -1.89. The third-order valence-electron chi connectivity index (χ3n) is 1.95. The van der Waals surface area contributed by atoms with Crippen molar-refractivity contribution in [2.45, 2.75) is 6.54 Å². The van der Waals surface area contributed by atoms with E-state index in [0.29, 0.717) is 5.82 Å². The first-order valence-corrected chi connectivity index (χ1v) is 4.61. The van der Waals surface area contributed by atoms with Crippen molar-refractivity contribution in [1.82, 2.24) is 30.5 Å². The van der Waals surface area contributed by atoms with Crippen molar-refractivity contribution in [3.8, 4) is 0 Å². The van der Waals surface area contributed by atoms with Crippen LogP contribution in [0.5, 0.6) is 0 Å². The lowest BCUT2D eigenvalue weighted by atomic mass is 10.3. The van der Waals surface area contributed by atoms with E-state index in [4.69, 9.17) is 0 Å². The quantitative estimate of drug-likeness (QED) is 0.494. The van der Waals surface area contributed by atoms with Crippen molar-refractivity contribution in [2.75, 3.05) is 0 Å². The van der Waals surface area contributed by atoms with E-state index in [2.05, 4.69) is 25.5 Å². The van der Waals surface area contributed by atoms with Crippen molar-refractivity contribution < 1.29 is 4.79 Å². The van der Waals surface area contributed by atoms with Gasteiger partial charge in [-0.3, -0.25) is 19.7 Å². The summed E-state index contributed by atoms with van der Waals surface area (Å²) in [5, 5.41) is 8.59. The second-order valence-electron chi connectivity index (χ2n) is 3.10. The van der Waals surface area contributed by atoms with Crippen molar-refractivity contribution in [3.05, 3.63) is 44.8 Å². The summed E-state index contributed by atoms with van der Waals surface area (Å²) in [4.78, 5) is 41.5. The van der Waals surface area contributed by atoms with E-state index in [1.807, 2.05) is 4.98 Å². The molecule has 0 unspecified atom stereocenters. The first-order chi connectivity index (χ1) is 8.16. The lowest BCUT2D eigenvalue weighted by Gasteiger charge is -2.01. The van der Waals surface area contributed by atoms with E-state index in [0.717, 1.165) is 6.20 Å². The van der Waals surface area contributed by atoms with Crippen LogP contribution in [0.25, 0.3) is 0 Å². The van der Waals surface area contributed by atoms with E-state index in [1.165, 1.54) is 6.33 Å². The zero-order valence-electron chi connectivity index (χ0n) is 8.48. The molecule has 0 bridgehead atoms. The van der Waals surface area contributed by atoms with E-state index in [-0.39, 0.29) is 12.1 Å². The van der Waals surface area contributed by atoms with Crippen LogP contribution in [0.4, 0.5) is 0 Å². The zero-order chi connectivity index (χ0) is 12.3. The molecule has 9 nitrogen and oxygen atoms in total. The molecule has 4 N–H and O–H groups in total. The Morgan fingerprint density at radius 2 is 2.24 bits per heavy atom. The minimum atomic E-state index is -0.746. The van der Waals surface area contributed by atoms with Crippen LogP contribution in [-0.4, -0.2) is 31.1 Å². The Morgan fingerprint density at radius 1 is 1.41 bits per heavy atom. The molecule has 17 heavy (non-hydrogen) atoms. The van der Waals surface area contributed by atoms with Crippen LogP contribution in [-0.2, 0) is 6.54 Å². The zero-order valence-corrected chi connectivity index (χ0v) is 8.48. The topological polar surface area (TPSA) is 136 Å². The second kappa shape index (κ2) is 4.43. The summed E-state index contributed by atoms with van der Waals surface area (Å²) >= 11 is 0. The molecule has 0 aliphatic heterocycles. The summed E-state index contributed by atoms with van der Waals surface area (Å²) in [7, 11) is 0. The van der Waals surface area contributed by atoms with Crippen LogP contribution in [0, 0.1) is 0 Å². The molecule has 2 aromatic heterocycles. The molecule has 2 heterocycles. The maximum absolute atomic E-state index is 11.6. The minimum absolute atomic E-state index is 0.109. The minimum Gasteiger partial charge on any atom is -0.345 e. The molecule has 9 heteroatoms. The van der Waals surface area contributed by atoms with E-state index < -0.39 is 17.2 Å². The molecule has 2 aromatic rings. The molecule has 88 valence electrons. The first kappa shape index (κ1) is 10.8. The highest BCUT2D eigenvalue weighted by Crippen LogP contribution is 1.88. The number of amides is 1. The normalized spacial score (nSPS) is 10.1. The summed E-state index contributed by atoms with van der Waals surface area (Å²) in [6.07, 6.45) is 2.35. The summed E-state index contributed by atoms with van der Waals surface area (Å²) < 4.78 is 0. The summed E-state index contributed by atoms with van der Waals surface area (Å²) in [5.74, 6) is -0.155. The molecule has 0 atom stereocenters. The fourth-order valence-corrected chi connectivity index (χ4v) is 1.15. The van der Waals surface area contributed by atoms with Gasteiger partial charge in [0.25, 0.3) is 11.5 Å². The van der Waals surface area contributed by atoms with Gasteiger partial charge in [0.15, 0.2) is 0 Å². The Labute approximate surface area is 93.3 Å². The number of carbonyl (C=O) groups excluding carboxylic acids is 1. The van der Waals surface area contributed by atoms with Gasteiger partial charge in [-0.05, 0) is 0 Å². The number of rotatable bonds is 3. The van der Waals surface area contributed by atoms with Crippen molar-refractivity contribution in [3.63, 3.8) is 0 Å². The number of hydrogen-bond acceptors (Lipinski definition) is 5. The predicted molar refractivity (Wildman–Crippen MR) is 55.2 cm³/mol. The Hall–Kier alpha value is -2.71. The van der Waals surface area contributed by atoms with Crippen molar-refractivity contribution in [1.29, 1.82) is 0 Å². The van der Waals surface area contributed by atoms with Crippen LogP contribution in [0.15, 0.2) is 22.1 Å². The van der Waals surface area contributed by atoms with Gasteiger partial charge in [0.05, 0.1) is 6.54 Å². The number of H-pyrrole nitrogens is 3. The number of nitrogens with one attached hydrogen (secondary N) is 4. The third kappa shape index (κ3) is 2.45. The lowest BCUT2D eigenvalue weighted by Crippen LogP contribution is -2.33. The molecule has 0 aromatic carbocycles. The fourth-order valence-electron chi connectivity index (χ4n) is 1.15. The van der Waals surface area contributed by atoms with Gasteiger partial charge in [-0.2, -0.15) is 5.10 Å². The fraction of sp³-hybridized carbons (Fsp3) is 0.125. The van der Waals surface area contributed by atoms with Crippen LogP contribution >= 0.6 is 0 Å². The van der Waals surface area contributed by atoms with Crippen LogP contribution < -0.4 is 16.6 Å². The van der Waals surface area contributed by atoms with Gasteiger partial charge < -0.3 is 10.3 Å². The molecule has 0 radical (unpaired) electrons. The highest BCUT2D eigenvalue weighted by Gasteiger charge is 2.10. The molecular formula is C8H8N6O3. The second-order valence-corrected chi connectivity index (χ2v) is 3.10. The van der Waals surface area contributed by atoms with Gasteiger partial charge in [-0.15, -0.1) is 0 Å². The lowest BCUT2D eigenvalue weighted by molar-refractivity contribution is 0.0948. The molecule has 0 saturated carbocycles. The van der Waals surface area contributed by atoms with Gasteiger partial charge in [0.1, 0.15) is 17.7 Å². The Kier molecular flexibility index (Phi) is 2.81. The highest BCUT2D eigenvalue weighted by atomic mass is 16.2. The van der Waals surface area contributed by atoms with Gasteiger partial charge in [-0.1, -0.05) is 0 Å². The van der Waals surface area contributed by atoms with Gasteiger partial charge >= 0.3 is 5.69 Å². The number of aromatic amines is 3. The van der Waals surface area contributed by atoms with E-state index in [9.17, 15) is 14.4 Å². The maximum atomic E-state index is 11.6. The smallest absolute Gasteiger partial charge is 0.325 e. The monoisotopic (exact) mass is 236 g/mol. The van der Waals surface area contributed by atoms with Gasteiger partial charge in [-0.25, -0.2) is 9.78 Å². The van der Waals surface area contributed by atoms with E-state index in [1.54, 1.807) is 0 Å². The Morgan fingerprint density at radius 3 is 2.88 bits per heavy atom. The Balaban J connectivity index is 2.10. The van der Waals surface area contributed by atoms with E-state index >= 15 is 0 Å². The molecule has 0 fully saturated rings. The standard InChI is InChI=1S/C8H8N6O3/c15-6(9-2-5-11-3-12-14-5)4-1-10-8(17)13-7(4)16/h1,3H,2H2,(H,9,15)(H,11,12,14)(H2,10,13,16,17). The molecule has 0 aliphatic rings. The van der Waals surface area contributed by atoms with Crippen LogP contribution in [0.2, 0.25) is 0 Å². The highest BCUT2D eigenvalue weighted by molar-refractivity contribution is 5.93. The number of aromatic nitrogens is 5. The van der Waals surface area contributed by atoms with Crippen molar-refractivity contribution in [2.24, 2.45) is 0 Å². The summed E-state index contributed by atoms with van der Waals surface area (Å²) in [6, 6.07) is 0. The van der Waals surface area contributed by atoms with Crippen molar-refractivity contribution >= 4 is 5.91 Å². The molecule has 0 spiro atoms. The third-order valence-corrected chi connectivity index (χ3v) is 1.95. The molecule has 0 aliphatic carbocycles. The summed E-state index contributed by atoms with van der Waals surface area (Å²) in [5.41, 5.74) is -1.59. The molecule has 2 rings (SSSR count). The SMILES string of the molecule is O=C(NCc1ncn[nH]1)c1c[nH]c(=O)[nH]c1=O. The number of hydrogen-bond donors (Lipinski definition) is 4. The van der Waals surface area contributed by atoms with Gasteiger partial charge in [0.2, 0.25) is 0 Å². The first-order valence-electron chi connectivity index (χ1n) is 4.61.